The molecule has 0 fully saturated rings. The van der Waals surface area contributed by atoms with Crippen LogP contribution in [0.15, 0.2) is 47.1 Å². The molecule has 10 heteroatoms. The summed E-state index contributed by atoms with van der Waals surface area (Å²) in [5.74, 6) is 3.12. The summed E-state index contributed by atoms with van der Waals surface area (Å²) in [5, 5.41) is 10.2. The van der Waals surface area contributed by atoms with Gasteiger partial charge in [0.25, 0.3) is 5.91 Å². The monoisotopic (exact) mass is 442 g/mol. The lowest BCUT2D eigenvalue weighted by molar-refractivity contribution is -0.122. The number of thioether (sulfide) groups is 1. The van der Waals surface area contributed by atoms with Crippen LogP contribution in [0.2, 0.25) is 0 Å². The molecule has 0 bridgehead atoms. The zero-order valence-corrected chi connectivity index (χ0v) is 17.7. The van der Waals surface area contributed by atoms with Gasteiger partial charge in [0.05, 0.1) is 25.6 Å². The van der Waals surface area contributed by atoms with E-state index in [1.807, 2.05) is 6.07 Å². The quantitative estimate of drug-likeness (QED) is 0.524. The first kappa shape index (κ1) is 20.9. The second-order valence-corrected chi connectivity index (χ2v) is 7.75. The topological polar surface area (TPSA) is 108 Å². The molecule has 0 aliphatic carbocycles. The summed E-state index contributed by atoms with van der Waals surface area (Å²) < 4.78 is 17.6. The zero-order valence-electron chi connectivity index (χ0n) is 16.9. The van der Waals surface area contributed by atoms with Gasteiger partial charge in [-0.15, -0.1) is 0 Å². The number of anilines is 1. The van der Waals surface area contributed by atoms with E-state index < -0.39 is 0 Å². The van der Waals surface area contributed by atoms with Crippen molar-refractivity contribution in [1.29, 1.82) is 0 Å². The molecule has 1 aliphatic heterocycles. The van der Waals surface area contributed by atoms with Crippen molar-refractivity contribution in [3.05, 3.63) is 59.7 Å². The van der Waals surface area contributed by atoms with Crippen LogP contribution in [0.4, 0.5) is 5.82 Å². The van der Waals surface area contributed by atoms with Gasteiger partial charge < -0.3 is 24.5 Å². The predicted molar refractivity (Wildman–Crippen MR) is 115 cm³/mol. The van der Waals surface area contributed by atoms with Crippen LogP contribution in [0.25, 0.3) is 0 Å². The molecular weight excluding hydrogens is 420 g/mol. The SMILES string of the molecule is COc1ccccc1OCC(=O)Nc1c2c(nn1CC(=O)NCc1ccco1)CSC2. The lowest BCUT2D eigenvalue weighted by Gasteiger charge is -2.13. The van der Waals surface area contributed by atoms with E-state index in [-0.39, 0.29) is 31.5 Å². The highest BCUT2D eigenvalue weighted by atomic mass is 32.2. The molecule has 0 radical (unpaired) electrons. The van der Waals surface area contributed by atoms with Crippen molar-refractivity contribution in [2.45, 2.75) is 24.6 Å². The number of furan rings is 1. The molecule has 2 amide bonds. The summed E-state index contributed by atoms with van der Waals surface area (Å²) in [6.45, 7) is 0.0800. The number of nitrogens with one attached hydrogen (secondary N) is 2. The number of hydrogen-bond acceptors (Lipinski definition) is 7. The number of para-hydroxylation sites is 2. The van der Waals surface area contributed by atoms with Gasteiger partial charge in [0, 0.05) is 17.1 Å². The molecule has 0 atom stereocenters. The fourth-order valence-electron chi connectivity index (χ4n) is 3.16. The van der Waals surface area contributed by atoms with Crippen LogP contribution in [0.1, 0.15) is 17.0 Å². The second kappa shape index (κ2) is 9.61. The van der Waals surface area contributed by atoms with Crippen molar-refractivity contribution in [1.82, 2.24) is 15.1 Å². The molecule has 3 heterocycles. The van der Waals surface area contributed by atoms with Crippen molar-refractivity contribution in [3.63, 3.8) is 0 Å². The molecule has 1 aliphatic rings. The average molecular weight is 442 g/mol. The van der Waals surface area contributed by atoms with Crippen molar-refractivity contribution >= 4 is 29.4 Å². The number of amides is 2. The largest absolute Gasteiger partial charge is 0.493 e. The summed E-state index contributed by atoms with van der Waals surface area (Å²) in [4.78, 5) is 24.9. The van der Waals surface area contributed by atoms with E-state index >= 15 is 0 Å². The highest BCUT2D eigenvalue weighted by molar-refractivity contribution is 7.98. The Balaban J connectivity index is 1.40. The fraction of sp³-hybridized carbons (Fsp3) is 0.286. The van der Waals surface area contributed by atoms with E-state index in [0.29, 0.717) is 23.1 Å². The van der Waals surface area contributed by atoms with Gasteiger partial charge in [-0.05, 0) is 24.3 Å². The maximum absolute atomic E-state index is 12.6. The number of benzene rings is 1. The molecule has 2 aromatic heterocycles. The Morgan fingerprint density at radius 1 is 1.16 bits per heavy atom. The summed E-state index contributed by atoms with van der Waals surface area (Å²) in [6.07, 6.45) is 1.55. The third-order valence-corrected chi connectivity index (χ3v) is 5.61. The zero-order chi connectivity index (χ0) is 21.6. The van der Waals surface area contributed by atoms with Gasteiger partial charge in [0.15, 0.2) is 18.1 Å². The predicted octanol–water partition coefficient (Wildman–Crippen LogP) is 2.57. The van der Waals surface area contributed by atoms with Crippen molar-refractivity contribution in [2.24, 2.45) is 0 Å². The van der Waals surface area contributed by atoms with Crippen molar-refractivity contribution < 1.29 is 23.5 Å². The molecule has 0 unspecified atom stereocenters. The first-order chi connectivity index (χ1) is 15.1. The third-order valence-electron chi connectivity index (χ3n) is 4.64. The maximum atomic E-state index is 12.6. The summed E-state index contributed by atoms with van der Waals surface area (Å²) in [6, 6.07) is 10.7. The normalized spacial score (nSPS) is 12.3. The first-order valence-corrected chi connectivity index (χ1v) is 10.8. The highest BCUT2D eigenvalue weighted by Gasteiger charge is 2.25. The Morgan fingerprint density at radius 3 is 2.77 bits per heavy atom. The van der Waals surface area contributed by atoms with Gasteiger partial charge in [-0.25, -0.2) is 4.68 Å². The van der Waals surface area contributed by atoms with E-state index in [2.05, 4.69) is 15.7 Å². The number of fused-ring (bicyclic) bond motifs is 1. The van der Waals surface area contributed by atoms with Gasteiger partial charge >= 0.3 is 0 Å². The minimum absolute atomic E-state index is 0.0125. The minimum atomic E-state index is -0.345. The van der Waals surface area contributed by atoms with Crippen molar-refractivity contribution in [2.75, 3.05) is 19.0 Å². The molecule has 2 N–H and O–H groups in total. The summed E-state index contributed by atoms with van der Waals surface area (Å²) >= 11 is 1.71. The smallest absolute Gasteiger partial charge is 0.263 e. The van der Waals surface area contributed by atoms with E-state index in [1.54, 1.807) is 55.5 Å². The molecule has 162 valence electrons. The number of aromatic nitrogens is 2. The molecule has 9 nitrogen and oxygen atoms in total. The number of rotatable bonds is 9. The van der Waals surface area contributed by atoms with Crippen LogP contribution in [-0.4, -0.2) is 35.3 Å². The standard InChI is InChI=1S/C21H22N4O5S/c1-28-17-6-2-3-7-18(17)30-11-20(27)23-21-15-12-31-13-16(15)24-25(21)10-19(26)22-9-14-5-4-8-29-14/h2-8H,9-13H2,1H3,(H,22,26)(H,23,27). The molecule has 31 heavy (non-hydrogen) atoms. The van der Waals surface area contributed by atoms with Crippen molar-refractivity contribution in [3.8, 4) is 11.5 Å². The van der Waals surface area contributed by atoms with E-state index in [0.717, 1.165) is 22.8 Å². The van der Waals surface area contributed by atoms with E-state index in [4.69, 9.17) is 13.9 Å². The maximum Gasteiger partial charge on any atom is 0.263 e. The van der Waals surface area contributed by atoms with E-state index in [1.165, 1.54) is 4.68 Å². The number of carbonyl (C=O) groups excluding carboxylic acids is 2. The Hall–Kier alpha value is -3.40. The van der Waals surface area contributed by atoms with Gasteiger partial charge in [-0.1, -0.05) is 12.1 Å². The Labute approximate surface area is 183 Å². The fourth-order valence-corrected chi connectivity index (χ4v) is 4.20. The third kappa shape index (κ3) is 5.02. The lowest BCUT2D eigenvalue weighted by atomic mass is 10.3. The second-order valence-electron chi connectivity index (χ2n) is 6.77. The number of carbonyl (C=O) groups is 2. The van der Waals surface area contributed by atoms with Crippen LogP contribution >= 0.6 is 11.8 Å². The number of nitrogens with zero attached hydrogens (tertiary/aromatic N) is 2. The summed E-state index contributed by atoms with van der Waals surface area (Å²) in [5.41, 5.74) is 1.82. The first-order valence-electron chi connectivity index (χ1n) is 9.65. The number of ether oxygens (including phenoxy) is 2. The Kier molecular flexibility index (Phi) is 6.46. The van der Waals surface area contributed by atoms with Gasteiger partial charge in [-0.3, -0.25) is 9.59 Å². The van der Waals surface area contributed by atoms with Crippen LogP contribution < -0.4 is 20.1 Å². The average Bonchev–Trinajstić information content (AvgIpc) is 3.51. The molecule has 3 aromatic rings. The number of methoxy groups -OCH3 is 1. The minimum Gasteiger partial charge on any atom is -0.493 e. The van der Waals surface area contributed by atoms with Crippen LogP contribution in [0.3, 0.4) is 0 Å². The van der Waals surface area contributed by atoms with Crippen LogP contribution in [0, 0.1) is 0 Å². The molecule has 1 aromatic carbocycles. The number of hydrogen-bond donors (Lipinski definition) is 2. The Morgan fingerprint density at radius 2 is 2.00 bits per heavy atom. The van der Waals surface area contributed by atoms with Crippen LogP contribution in [0.5, 0.6) is 11.5 Å². The van der Waals surface area contributed by atoms with E-state index in [9.17, 15) is 9.59 Å². The highest BCUT2D eigenvalue weighted by Crippen LogP contribution is 2.34. The molecule has 0 saturated heterocycles. The molecule has 4 rings (SSSR count). The summed E-state index contributed by atoms with van der Waals surface area (Å²) in [7, 11) is 1.54. The van der Waals surface area contributed by atoms with Gasteiger partial charge in [-0.2, -0.15) is 16.9 Å². The lowest BCUT2D eigenvalue weighted by Crippen LogP contribution is -2.29. The van der Waals surface area contributed by atoms with Gasteiger partial charge in [0.1, 0.15) is 18.1 Å². The molecule has 0 saturated carbocycles. The Bertz CT molecular complexity index is 1060. The molecular formula is C21H22N4O5S. The molecule has 0 spiro atoms. The van der Waals surface area contributed by atoms with Gasteiger partial charge in [0.2, 0.25) is 5.91 Å². The van der Waals surface area contributed by atoms with Crippen LogP contribution in [-0.2, 0) is 34.2 Å².